The predicted molar refractivity (Wildman–Crippen MR) is 80.6 cm³/mol. The summed E-state index contributed by atoms with van der Waals surface area (Å²) < 4.78 is 1.98. The lowest BCUT2D eigenvalue weighted by Gasteiger charge is -1.97. The minimum atomic E-state index is 0.876. The summed E-state index contributed by atoms with van der Waals surface area (Å²) in [6.07, 6.45) is 3.52. The number of aryl methyl sites for hydroxylation is 1. The lowest BCUT2D eigenvalue weighted by molar-refractivity contribution is 0.503. The molecule has 1 aromatic heterocycles. The molecule has 0 bridgehead atoms. The number of unbranched alkanes of at least 4 members (excludes halogenated alkanes) is 2. The van der Waals surface area contributed by atoms with Gasteiger partial charge in [-0.1, -0.05) is 22.4 Å². The van der Waals surface area contributed by atoms with Crippen molar-refractivity contribution in [3.63, 3.8) is 0 Å². The predicted octanol–water partition coefficient (Wildman–Crippen LogP) is 4.52. The number of benzene rings is 1. The van der Waals surface area contributed by atoms with Gasteiger partial charge in [0.1, 0.15) is 11.0 Å². The maximum atomic E-state index is 4.49. The van der Waals surface area contributed by atoms with Gasteiger partial charge in [-0.15, -0.1) is 0 Å². The van der Waals surface area contributed by atoms with E-state index in [2.05, 4.69) is 58.0 Å². The fourth-order valence-corrected chi connectivity index (χ4v) is 2.79. The van der Waals surface area contributed by atoms with Crippen molar-refractivity contribution >= 4 is 58.8 Å². The summed E-state index contributed by atoms with van der Waals surface area (Å²) >= 11 is 10.4. The molecule has 2 rings (SSSR count). The van der Waals surface area contributed by atoms with Gasteiger partial charge in [-0.3, -0.25) is 0 Å². The number of fused-ring (bicyclic) bond motifs is 1. The van der Waals surface area contributed by atoms with Gasteiger partial charge in [0, 0.05) is 14.3 Å². The van der Waals surface area contributed by atoms with Crippen LogP contribution in [0.5, 0.6) is 0 Å². The van der Waals surface area contributed by atoms with Crippen molar-refractivity contribution in [1.82, 2.24) is 15.0 Å². The van der Waals surface area contributed by atoms with Crippen molar-refractivity contribution < 1.29 is 0 Å². The fourth-order valence-electron chi connectivity index (χ4n) is 1.60. The molecule has 6 heteroatoms. The Kier molecular flexibility index (Phi) is 4.99. The van der Waals surface area contributed by atoms with E-state index in [1.807, 2.05) is 12.1 Å². The maximum absolute atomic E-state index is 4.49. The largest absolute Gasteiger partial charge is 0.184 e. The Balaban J connectivity index is 2.14. The highest BCUT2D eigenvalue weighted by Gasteiger charge is 2.09. The first-order valence-corrected chi connectivity index (χ1v) is 8.18. The summed E-state index contributed by atoms with van der Waals surface area (Å²) in [6.45, 7) is 0.876. The zero-order valence-corrected chi connectivity index (χ0v) is 13.9. The number of aromatic nitrogens is 3. The van der Waals surface area contributed by atoms with E-state index in [9.17, 15) is 0 Å². The molecular weight excluding hydrogens is 414 g/mol. The maximum Gasteiger partial charge on any atom is 0.128 e. The second kappa shape index (κ2) is 6.29. The number of rotatable bonds is 5. The van der Waals surface area contributed by atoms with Crippen LogP contribution in [0.25, 0.3) is 11.0 Å². The van der Waals surface area contributed by atoms with Crippen molar-refractivity contribution in [1.29, 1.82) is 0 Å². The van der Waals surface area contributed by atoms with E-state index >= 15 is 0 Å². The molecule has 0 saturated carbocycles. The van der Waals surface area contributed by atoms with Crippen LogP contribution in [0, 0.1) is 0 Å². The van der Waals surface area contributed by atoms with Gasteiger partial charge in [0.25, 0.3) is 0 Å². The zero-order valence-electron chi connectivity index (χ0n) is 9.17. The van der Waals surface area contributed by atoms with Crippen LogP contribution in [0.1, 0.15) is 19.3 Å². The first-order chi connectivity index (χ1) is 8.22. The van der Waals surface area contributed by atoms with Crippen LogP contribution < -0.4 is 0 Å². The Hall–Kier alpha value is 0.0600. The summed E-state index contributed by atoms with van der Waals surface area (Å²) in [5, 5.41) is 10.0. The van der Waals surface area contributed by atoms with Crippen molar-refractivity contribution in [3.05, 3.63) is 21.1 Å². The highest BCUT2D eigenvalue weighted by Crippen LogP contribution is 2.27. The minimum Gasteiger partial charge on any atom is -0.184 e. The first kappa shape index (κ1) is 13.5. The molecule has 1 heterocycles. The van der Waals surface area contributed by atoms with Gasteiger partial charge in [-0.2, -0.15) is 15.0 Å². The number of hydrogen-bond acceptors (Lipinski definition) is 2. The highest BCUT2D eigenvalue weighted by atomic mass is 79.9. The number of nitrogens with zero attached hydrogens (tertiary/aromatic N) is 3. The average molecular weight is 426 g/mol. The summed E-state index contributed by atoms with van der Waals surface area (Å²) in [4.78, 5) is 1.79. The van der Waals surface area contributed by atoms with E-state index in [-0.39, 0.29) is 0 Å². The van der Waals surface area contributed by atoms with Crippen molar-refractivity contribution in [3.8, 4) is 0 Å². The van der Waals surface area contributed by atoms with Crippen molar-refractivity contribution in [2.75, 3.05) is 5.33 Å². The standard InChI is InChI=1S/C11H12Br3N3/c12-6-2-1-3-7-17-15-10-8(13)4-5-9(14)11(10)16-17/h4-5H,1-3,6-7H2. The van der Waals surface area contributed by atoms with E-state index in [1.54, 1.807) is 4.80 Å². The molecule has 0 fully saturated rings. The Morgan fingerprint density at radius 3 is 2.06 bits per heavy atom. The average Bonchev–Trinajstić information content (AvgIpc) is 2.75. The van der Waals surface area contributed by atoms with Crippen molar-refractivity contribution in [2.45, 2.75) is 25.8 Å². The van der Waals surface area contributed by atoms with Gasteiger partial charge in [0.15, 0.2) is 0 Å². The van der Waals surface area contributed by atoms with E-state index in [4.69, 9.17) is 0 Å². The van der Waals surface area contributed by atoms with Crippen molar-refractivity contribution in [2.24, 2.45) is 0 Å². The minimum absolute atomic E-state index is 0.876. The van der Waals surface area contributed by atoms with Crippen LogP contribution in [0.15, 0.2) is 21.1 Å². The van der Waals surface area contributed by atoms with Crippen LogP contribution in [-0.4, -0.2) is 20.3 Å². The summed E-state index contributed by atoms with van der Waals surface area (Å²) in [6, 6.07) is 3.96. The summed E-state index contributed by atoms with van der Waals surface area (Å²) in [7, 11) is 0. The van der Waals surface area contributed by atoms with E-state index in [0.717, 1.165) is 38.3 Å². The lowest BCUT2D eigenvalue weighted by atomic mass is 10.2. The van der Waals surface area contributed by atoms with Gasteiger partial charge in [0.2, 0.25) is 0 Å². The second-order valence-corrected chi connectivity index (χ2v) is 6.27. The van der Waals surface area contributed by atoms with Gasteiger partial charge < -0.3 is 0 Å². The molecule has 0 radical (unpaired) electrons. The Labute approximate surface area is 125 Å². The Bertz CT molecular complexity index is 471. The molecule has 17 heavy (non-hydrogen) atoms. The summed E-state index contributed by atoms with van der Waals surface area (Å²) in [5.41, 5.74) is 1.83. The molecule has 0 unspecified atom stereocenters. The molecule has 0 amide bonds. The topological polar surface area (TPSA) is 30.7 Å². The molecule has 0 atom stereocenters. The van der Waals surface area contributed by atoms with Gasteiger partial charge >= 0.3 is 0 Å². The summed E-state index contributed by atoms with van der Waals surface area (Å²) in [5.74, 6) is 0. The third-order valence-electron chi connectivity index (χ3n) is 2.48. The fraction of sp³-hybridized carbons (Fsp3) is 0.455. The molecule has 0 spiro atoms. The molecule has 92 valence electrons. The Morgan fingerprint density at radius 1 is 0.941 bits per heavy atom. The monoisotopic (exact) mass is 423 g/mol. The number of alkyl halides is 1. The molecule has 0 aliphatic rings. The van der Waals surface area contributed by atoms with E-state index < -0.39 is 0 Å². The molecule has 0 N–H and O–H groups in total. The number of halogens is 3. The van der Waals surface area contributed by atoms with E-state index in [1.165, 1.54) is 12.8 Å². The van der Waals surface area contributed by atoms with Gasteiger partial charge in [-0.05, 0) is 56.8 Å². The number of hydrogen-bond donors (Lipinski definition) is 0. The third kappa shape index (κ3) is 3.29. The zero-order chi connectivity index (χ0) is 12.3. The normalized spacial score (nSPS) is 11.2. The smallest absolute Gasteiger partial charge is 0.128 e. The van der Waals surface area contributed by atoms with Crippen LogP contribution in [0.2, 0.25) is 0 Å². The quantitative estimate of drug-likeness (QED) is 0.520. The molecule has 0 aliphatic carbocycles. The van der Waals surface area contributed by atoms with Crippen LogP contribution in [0.4, 0.5) is 0 Å². The molecule has 2 aromatic rings. The first-order valence-electron chi connectivity index (χ1n) is 5.47. The van der Waals surface area contributed by atoms with E-state index in [0.29, 0.717) is 0 Å². The Morgan fingerprint density at radius 2 is 1.53 bits per heavy atom. The SMILES string of the molecule is BrCCCCCn1nc2c(Br)ccc(Br)c2n1. The van der Waals surface area contributed by atoms with Crippen LogP contribution >= 0.6 is 47.8 Å². The molecular formula is C11H12Br3N3. The highest BCUT2D eigenvalue weighted by molar-refractivity contribution is 9.11. The molecule has 3 nitrogen and oxygen atoms in total. The second-order valence-electron chi connectivity index (χ2n) is 3.77. The van der Waals surface area contributed by atoms with Gasteiger partial charge in [0.05, 0.1) is 6.54 Å². The molecule has 0 saturated heterocycles. The van der Waals surface area contributed by atoms with Gasteiger partial charge in [-0.25, -0.2) is 0 Å². The van der Waals surface area contributed by atoms with Crippen LogP contribution in [-0.2, 0) is 6.54 Å². The lowest BCUT2D eigenvalue weighted by Crippen LogP contribution is -2.02. The molecule has 0 aliphatic heterocycles. The molecule has 1 aromatic carbocycles. The van der Waals surface area contributed by atoms with Crippen LogP contribution in [0.3, 0.4) is 0 Å². The third-order valence-corrected chi connectivity index (χ3v) is 4.32.